The van der Waals surface area contributed by atoms with Crippen LogP contribution in [0.5, 0.6) is 0 Å². The summed E-state index contributed by atoms with van der Waals surface area (Å²) >= 11 is 1.42. The highest BCUT2D eigenvalue weighted by molar-refractivity contribution is 7.12. The normalized spacial score (nSPS) is 9.94. The van der Waals surface area contributed by atoms with E-state index in [1.807, 2.05) is 11.4 Å². The SMILES string of the molecule is CN(C=O)c1ccc(C(=O)c2cccs2)cc1. The summed E-state index contributed by atoms with van der Waals surface area (Å²) in [5.41, 5.74) is 1.40. The number of rotatable bonds is 4. The molecule has 0 aliphatic rings. The zero-order valence-electron chi connectivity index (χ0n) is 9.29. The summed E-state index contributed by atoms with van der Waals surface area (Å²) < 4.78 is 0. The van der Waals surface area contributed by atoms with Crippen molar-refractivity contribution in [3.8, 4) is 0 Å². The molecule has 0 radical (unpaired) electrons. The average molecular weight is 245 g/mol. The van der Waals surface area contributed by atoms with Gasteiger partial charge in [-0.1, -0.05) is 6.07 Å². The molecule has 2 rings (SSSR count). The fraction of sp³-hybridized carbons (Fsp3) is 0.0769. The molecule has 2 aromatic rings. The fourth-order valence-corrected chi connectivity index (χ4v) is 2.14. The van der Waals surface area contributed by atoms with Crippen LogP contribution in [0.3, 0.4) is 0 Å². The maximum atomic E-state index is 12.0. The fourth-order valence-electron chi connectivity index (χ4n) is 1.46. The molecule has 0 fully saturated rings. The summed E-state index contributed by atoms with van der Waals surface area (Å²) in [6.07, 6.45) is 0.732. The van der Waals surface area contributed by atoms with Crippen LogP contribution in [0.4, 0.5) is 5.69 Å². The lowest BCUT2D eigenvalue weighted by atomic mass is 10.1. The quantitative estimate of drug-likeness (QED) is 0.613. The maximum Gasteiger partial charge on any atom is 0.213 e. The third-order valence-electron chi connectivity index (χ3n) is 2.44. The number of carbonyl (C=O) groups is 2. The van der Waals surface area contributed by atoms with Crippen molar-refractivity contribution in [3.63, 3.8) is 0 Å². The number of benzene rings is 1. The van der Waals surface area contributed by atoms with Crippen LogP contribution in [-0.4, -0.2) is 19.2 Å². The first-order valence-corrected chi connectivity index (χ1v) is 5.97. The van der Waals surface area contributed by atoms with Crippen molar-refractivity contribution in [1.82, 2.24) is 0 Å². The highest BCUT2D eigenvalue weighted by Gasteiger charge is 2.09. The van der Waals surface area contributed by atoms with E-state index in [1.54, 1.807) is 37.4 Å². The minimum atomic E-state index is 0.0142. The summed E-state index contributed by atoms with van der Waals surface area (Å²) in [5, 5.41) is 1.88. The molecule has 0 bridgehead atoms. The lowest BCUT2D eigenvalue weighted by Gasteiger charge is -2.10. The Hall–Kier alpha value is -1.94. The van der Waals surface area contributed by atoms with Crippen LogP contribution < -0.4 is 4.90 Å². The van der Waals surface area contributed by atoms with E-state index in [4.69, 9.17) is 0 Å². The molecular formula is C13H11NO2S. The zero-order valence-corrected chi connectivity index (χ0v) is 10.1. The van der Waals surface area contributed by atoms with Gasteiger partial charge in [0.15, 0.2) is 0 Å². The number of hydrogen-bond donors (Lipinski definition) is 0. The lowest BCUT2D eigenvalue weighted by molar-refractivity contribution is -0.107. The van der Waals surface area contributed by atoms with Crippen LogP contribution in [0.25, 0.3) is 0 Å². The molecule has 1 heterocycles. The third kappa shape index (κ3) is 2.42. The Balaban J connectivity index is 2.24. The average Bonchev–Trinajstić information content (AvgIpc) is 2.91. The summed E-state index contributed by atoms with van der Waals surface area (Å²) in [5.74, 6) is 0.0142. The van der Waals surface area contributed by atoms with E-state index in [0.29, 0.717) is 5.56 Å². The molecule has 1 aromatic heterocycles. The molecule has 1 amide bonds. The Morgan fingerprint density at radius 2 is 1.94 bits per heavy atom. The van der Waals surface area contributed by atoms with E-state index < -0.39 is 0 Å². The molecular weight excluding hydrogens is 234 g/mol. The molecule has 0 unspecified atom stereocenters. The van der Waals surface area contributed by atoms with Crippen LogP contribution in [0.2, 0.25) is 0 Å². The number of carbonyl (C=O) groups excluding carboxylic acids is 2. The van der Waals surface area contributed by atoms with Gasteiger partial charge in [0, 0.05) is 18.3 Å². The van der Waals surface area contributed by atoms with Crippen LogP contribution >= 0.6 is 11.3 Å². The van der Waals surface area contributed by atoms with Gasteiger partial charge < -0.3 is 4.90 Å². The number of ketones is 1. The Morgan fingerprint density at radius 3 is 2.47 bits per heavy atom. The van der Waals surface area contributed by atoms with Gasteiger partial charge in [0.05, 0.1) is 4.88 Å². The van der Waals surface area contributed by atoms with E-state index >= 15 is 0 Å². The summed E-state index contributed by atoms with van der Waals surface area (Å²) in [6, 6.07) is 10.6. The number of nitrogens with zero attached hydrogens (tertiary/aromatic N) is 1. The molecule has 86 valence electrons. The summed E-state index contributed by atoms with van der Waals surface area (Å²) in [6.45, 7) is 0. The predicted molar refractivity (Wildman–Crippen MR) is 68.7 cm³/mol. The van der Waals surface area contributed by atoms with Crippen LogP contribution in [0.1, 0.15) is 15.2 Å². The van der Waals surface area contributed by atoms with Crippen molar-refractivity contribution in [3.05, 3.63) is 52.2 Å². The molecule has 0 N–H and O–H groups in total. The molecule has 0 saturated carbocycles. The second kappa shape index (κ2) is 4.93. The molecule has 0 aliphatic carbocycles. The second-order valence-electron chi connectivity index (χ2n) is 3.57. The van der Waals surface area contributed by atoms with Gasteiger partial charge in [0.2, 0.25) is 12.2 Å². The van der Waals surface area contributed by atoms with E-state index in [2.05, 4.69) is 0 Å². The first kappa shape index (κ1) is 11.5. The van der Waals surface area contributed by atoms with E-state index in [0.717, 1.165) is 17.0 Å². The van der Waals surface area contributed by atoms with Crippen LogP contribution in [-0.2, 0) is 4.79 Å². The Labute approximate surface area is 103 Å². The van der Waals surface area contributed by atoms with Crippen molar-refractivity contribution >= 4 is 29.2 Å². The van der Waals surface area contributed by atoms with Gasteiger partial charge in [-0.05, 0) is 35.7 Å². The number of hydrogen-bond acceptors (Lipinski definition) is 3. The molecule has 4 heteroatoms. The van der Waals surface area contributed by atoms with Crippen molar-refractivity contribution in [2.45, 2.75) is 0 Å². The second-order valence-corrected chi connectivity index (χ2v) is 4.52. The van der Waals surface area contributed by atoms with E-state index in [1.165, 1.54) is 16.2 Å². The van der Waals surface area contributed by atoms with Gasteiger partial charge >= 0.3 is 0 Å². The van der Waals surface area contributed by atoms with E-state index in [9.17, 15) is 9.59 Å². The molecule has 0 aliphatic heterocycles. The lowest BCUT2D eigenvalue weighted by Crippen LogP contribution is -2.13. The molecule has 0 saturated heterocycles. The first-order valence-electron chi connectivity index (χ1n) is 5.09. The van der Waals surface area contributed by atoms with Gasteiger partial charge in [-0.25, -0.2) is 0 Å². The Morgan fingerprint density at radius 1 is 1.24 bits per heavy atom. The largest absolute Gasteiger partial charge is 0.318 e. The molecule has 0 atom stereocenters. The molecule has 3 nitrogen and oxygen atoms in total. The van der Waals surface area contributed by atoms with Crippen molar-refractivity contribution in [1.29, 1.82) is 0 Å². The summed E-state index contributed by atoms with van der Waals surface area (Å²) in [4.78, 5) is 24.7. The number of anilines is 1. The van der Waals surface area contributed by atoms with Gasteiger partial charge in [-0.3, -0.25) is 9.59 Å². The molecule has 0 spiro atoms. The minimum absolute atomic E-state index is 0.0142. The smallest absolute Gasteiger partial charge is 0.213 e. The molecule has 17 heavy (non-hydrogen) atoms. The van der Waals surface area contributed by atoms with Crippen LogP contribution in [0.15, 0.2) is 41.8 Å². The van der Waals surface area contributed by atoms with Gasteiger partial charge in [-0.2, -0.15) is 0 Å². The van der Waals surface area contributed by atoms with Crippen molar-refractivity contribution in [2.75, 3.05) is 11.9 Å². The van der Waals surface area contributed by atoms with Gasteiger partial charge in [0.25, 0.3) is 0 Å². The molecule has 1 aromatic carbocycles. The van der Waals surface area contributed by atoms with Crippen LogP contribution in [0, 0.1) is 0 Å². The Bertz CT molecular complexity index is 517. The van der Waals surface area contributed by atoms with E-state index in [-0.39, 0.29) is 5.78 Å². The van der Waals surface area contributed by atoms with Gasteiger partial charge in [-0.15, -0.1) is 11.3 Å². The predicted octanol–water partition coefficient (Wildman–Crippen LogP) is 2.57. The first-order chi connectivity index (χ1) is 8.22. The topological polar surface area (TPSA) is 37.4 Å². The monoisotopic (exact) mass is 245 g/mol. The minimum Gasteiger partial charge on any atom is -0.318 e. The number of thiophene rings is 1. The maximum absolute atomic E-state index is 12.0. The number of amides is 1. The van der Waals surface area contributed by atoms with Crippen molar-refractivity contribution < 1.29 is 9.59 Å². The van der Waals surface area contributed by atoms with Crippen molar-refractivity contribution in [2.24, 2.45) is 0 Å². The summed E-state index contributed by atoms with van der Waals surface area (Å²) in [7, 11) is 1.67. The highest BCUT2D eigenvalue weighted by atomic mass is 32.1. The zero-order chi connectivity index (χ0) is 12.3. The standard InChI is InChI=1S/C13H11NO2S/c1-14(9-15)11-6-4-10(5-7-11)13(16)12-3-2-8-17-12/h2-9H,1H3. The Kier molecular flexibility index (Phi) is 3.35. The van der Waals surface area contributed by atoms with Gasteiger partial charge in [0.1, 0.15) is 0 Å². The third-order valence-corrected chi connectivity index (χ3v) is 3.31. The highest BCUT2D eigenvalue weighted by Crippen LogP contribution is 2.18.